The molecule has 2 rings (SSSR count). The summed E-state index contributed by atoms with van der Waals surface area (Å²) in [4.78, 5) is 0. The van der Waals surface area contributed by atoms with E-state index in [9.17, 15) is 0 Å². The maximum Gasteiger partial charge on any atom is 0.237 e. The number of rotatable bonds is 5. The molecular weight excluding hydrogens is 212 g/mol. The van der Waals surface area contributed by atoms with Crippen LogP contribution in [0.25, 0.3) is 5.65 Å². The Morgan fingerprint density at radius 1 is 1.53 bits per heavy atom. The first-order valence-electron chi connectivity index (χ1n) is 4.69. The third kappa shape index (κ3) is 2.38. The van der Waals surface area contributed by atoms with E-state index in [4.69, 9.17) is 4.74 Å². The first kappa shape index (κ1) is 10.2. The first-order valence-corrected chi connectivity index (χ1v) is 6.08. The van der Waals surface area contributed by atoms with Crippen molar-refractivity contribution >= 4 is 17.4 Å². The zero-order chi connectivity index (χ0) is 10.5. The van der Waals surface area contributed by atoms with Crippen molar-refractivity contribution in [3.05, 3.63) is 18.5 Å². The molecule has 0 aromatic carbocycles. The fourth-order valence-corrected chi connectivity index (χ4v) is 1.62. The van der Waals surface area contributed by atoms with Gasteiger partial charge in [-0.05, 0) is 18.4 Å². The molecule has 6 heteroatoms. The number of ether oxygens (including phenoxy) is 1. The zero-order valence-electron chi connectivity index (χ0n) is 8.46. The monoisotopic (exact) mass is 224 g/mol. The Morgan fingerprint density at radius 3 is 3.33 bits per heavy atom. The molecule has 0 saturated heterocycles. The van der Waals surface area contributed by atoms with Crippen LogP contribution in [0.2, 0.25) is 0 Å². The topological polar surface area (TPSA) is 52.3 Å². The van der Waals surface area contributed by atoms with Crippen molar-refractivity contribution in [2.45, 2.75) is 6.42 Å². The number of hydrogen-bond acceptors (Lipinski definition) is 5. The minimum atomic E-state index is 0.645. The highest BCUT2D eigenvalue weighted by Crippen LogP contribution is 2.09. The van der Waals surface area contributed by atoms with Crippen LogP contribution in [-0.2, 0) is 0 Å². The van der Waals surface area contributed by atoms with E-state index in [1.165, 1.54) is 0 Å². The summed E-state index contributed by atoms with van der Waals surface area (Å²) in [5, 5.41) is 11.9. The van der Waals surface area contributed by atoms with E-state index in [0.29, 0.717) is 18.1 Å². The van der Waals surface area contributed by atoms with Gasteiger partial charge in [0, 0.05) is 6.07 Å². The Balaban J connectivity index is 2.04. The Bertz CT molecular complexity index is 431. The summed E-state index contributed by atoms with van der Waals surface area (Å²) in [6.45, 7) is 0.682. The van der Waals surface area contributed by atoms with Crippen molar-refractivity contribution in [2.24, 2.45) is 0 Å². The maximum atomic E-state index is 5.56. The second-order valence-electron chi connectivity index (χ2n) is 2.98. The quantitative estimate of drug-likeness (QED) is 0.715. The minimum Gasteiger partial charge on any atom is -0.476 e. The third-order valence-corrected chi connectivity index (χ3v) is 2.60. The van der Waals surface area contributed by atoms with E-state index in [0.717, 1.165) is 12.2 Å². The molecular formula is C9H12N4OS. The summed E-state index contributed by atoms with van der Waals surface area (Å²) in [5.74, 6) is 1.74. The summed E-state index contributed by atoms with van der Waals surface area (Å²) in [6, 6.07) is 1.79. The Morgan fingerprint density at radius 2 is 2.47 bits per heavy atom. The second-order valence-corrected chi connectivity index (χ2v) is 3.96. The Labute approximate surface area is 91.8 Å². The molecule has 0 aliphatic heterocycles. The average molecular weight is 224 g/mol. The van der Waals surface area contributed by atoms with Gasteiger partial charge in [-0.1, -0.05) is 0 Å². The Kier molecular flexibility index (Phi) is 3.39. The summed E-state index contributed by atoms with van der Waals surface area (Å²) < 4.78 is 7.21. The number of hydrogen-bond donors (Lipinski definition) is 0. The number of nitrogens with zero attached hydrogens (tertiary/aromatic N) is 4. The maximum absolute atomic E-state index is 5.56. The van der Waals surface area contributed by atoms with Crippen LogP contribution >= 0.6 is 11.8 Å². The van der Waals surface area contributed by atoms with E-state index >= 15 is 0 Å². The van der Waals surface area contributed by atoms with Gasteiger partial charge in [0.25, 0.3) is 0 Å². The summed E-state index contributed by atoms with van der Waals surface area (Å²) >= 11 is 1.81. The largest absolute Gasteiger partial charge is 0.476 e. The number of aromatic nitrogens is 4. The van der Waals surface area contributed by atoms with Crippen LogP contribution in [-0.4, -0.2) is 38.4 Å². The molecule has 0 aliphatic rings. The lowest BCUT2D eigenvalue weighted by atomic mass is 10.5. The van der Waals surface area contributed by atoms with Gasteiger partial charge >= 0.3 is 0 Å². The summed E-state index contributed by atoms with van der Waals surface area (Å²) in [6.07, 6.45) is 6.36. The fraction of sp³-hybridized carbons (Fsp3) is 0.444. The second kappa shape index (κ2) is 4.97. The van der Waals surface area contributed by atoms with Crippen molar-refractivity contribution in [3.8, 4) is 5.88 Å². The predicted molar refractivity (Wildman–Crippen MR) is 59.3 cm³/mol. The molecule has 0 radical (unpaired) electrons. The molecule has 0 unspecified atom stereocenters. The van der Waals surface area contributed by atoms with E-state index in [1.54, 1.807) is 23.0 Å². The highest BCUT2D eigenvalue weighted by molar-refractivity contribution is 7.98. The van der Waals surface area contributed by atoms with Gasteiger partial charge in [0.1, 0.15) is 6.20 Å². The molecule has 15 heavy (non-hydrogen) atoms. The first-order chi connectivity index (χ1) is 7.42. The highest BCUT2D eigenvalue weighted by Gasteiger charge is 2.02. The molecule has 0 saturated carbocycles. The molecule has 0 aliphatic carbocycles. The van der Waals surface area contributed by atoms with Gasteiger partial charge in [0.05, 0.1) is 12.8 Å². The lowest BCUT2D eigenvalue weighted by Crippen LogP contribution is -2.05. The van der Waals surface area contributed by atoms with Gasteiger partial charge in [-0.15, -0.1) is 5.10 Å². The zero-order valence-corrected chi connectivity index (χ0v) is 9.28. The molecule has 2 aromatic rings. The van der Waals surface area contributed by atoms with Crippen molar-refractivity contribution in [2.75, 3.05) is 18.6 Å². The molecule has 0 fully saturated rings. The van der Waals surface area contributed by atoms with Crippen molar-refractivity contribution in [1.82, 2.24) is 19.8 Å². The molecule has 0 amide bonds. The van der Waals surface area contributed by atoms with Crippen molar-refractivity contribution in [3.63, 3.8) is 0 Å². The number of fused-ring (bicyclic) bond motifs is 1. The van der Waals surface area contributed by atoms with Crippen LogP contribution in [0.4, 0.5) is 0 Å². The third-order valence-electron chi connectivity index (χ3n) is 1.90. The Hall–Kier alpha value is -1.30. The fourth-order valence-electron chi connectivity index (χ4n) is 1.21. The van der Waals surface area contributed by atoms with Gasteiger partial charge in [-0.25, -0.2) is 0 Å². The molecule has 0 N–H and O–H groups in total. The molecule has 2 heterocycles. The van der Waals surface area contributed by atoms with E-state index in [1.807, 2.05) is 11.8 Å². The van der Waals surface area contributed by atoms with E-state index < -0.39 is 0 Å². The van der Waals surface area contributed by atoms with Gasteiger partial charge < -0.3 is 4.74 Å². The smallest absolute Gasteiger partial charge is 0.237 e. The lowest BCUT2D eigenvalue weighted by molar-refractivity contribution is 0.296. The van der Waals surface area contributed by atoms with Crippen molar-refractivity contribution in [1.29, 1.82) is 0 Å². The van der Waals surface area contributed by atoms with Gasteiger partial charge in [0.2, 0.25) is 5.88 Å². The molecule has 0 spiro atoms. The molecule has 0 bridgehead atoms. The molecule has 2 aromatic heterocycles. The molecule has 0 atom stereocenters. The van der Waals surface area contributed by atoms with Gasteiger partial charge in [-0.2, -0.15) is 26.5 Å². The highest BCUT2D eigenvalue weighted by atomic mass is 32.2. The van der Waals surface area contributed by atoms with Crippen LogP contribution in [0, 0.1) is 0 Å². The van der Waals surface area contributed by atoms with Crippen LogP contribution in [0.5, 0.6) is 5.88 Å². The van der Waals surface area contributed by atoms with Crippen molar-refractivity contribution < 1.29 is 4.74 Å². The number of thioether (sulfide) groups is 1. The van der Waals surface area contributed by atoms with Crippen LogP contribution in [0.3, 0.4) is 0 Å². The van der Waals surface area contributed by atoms with E-state index in [-0.39, 0.29) is 0 Å². The van der Waals surface area contributed by atoms with Gasteiger partial charge in [-0.3, -0.25) is 0 Å². The summed E-state index contributed by atoms with van der Waals surface area (Å²) in [5.41, 5.74) is 0.706. The van der Waals surface area contributed by atoms with Crippen LogP contribution in [0.15, 0.2) is 18.5 Å². The molecule has 80 valence electrons. The van der Waals surface area contributed by atoms with Crippen LogP contribution in [0.1, 0.15) is 6.42 Å². The normalized spacial score (nSPS) is 10.7. The van der Waals surface area contributed by atoms with Gasteiger partial charge in [0.15, 0.2) is 5.65 Å². The van der Waals surface area contributed by atoms with E-state index in [2.05, 4.69) is 21.6 Å². The molecule has 5 nitrogen and oxygen atoms in total. The predicted octanol–water partition coefficient (Wildman–Crippen LogP) is 1.26. The lowest BCUT2D eigenvalue weighted by Gasteiger charge is -2.05. The average Bonchev–Trinajstić information content (AvgIpc) is 2.73. The SMILES string of the molecule is CSCCCOc1cnnc2ccnn12. The summed E-state index contributed by atoms with van der Waals surface area (Å²) in [7, 11) is 0. The van der Waals surface area contributed by atoms with Crippen LogP contribution < -0.4 is 4.74 Å². The standard InChI is InChI=1S/C9H12N4OS/c1-15-6-2-5-14-9-7-10-12-8-3-4-11-13(8)9/h3-4,7H,2,5-6H2,1H3. The minimum absolute atomic E-state index is 0.645.